The second-order valence-electron chi connectivity index (χ2n) is 2.91. The molecule has 1 N–H and O–H groups in total. The van der Waals surface area contributed by atoms with Crippen LogP contribution >= 0.6 is 0 Å². The molecule has 1 aliphatic rings. The summed E-state index contributed by atoms with van der Waals surface area (Å²) in [5.74, 6) is 0. The lowest BCUT2D eigenvalue weighted by molar-refractivity contribution is 0.457. The van der Waals surface area contributed by atoms with Crippen molar-refractivity contribution in [1.82, 2.24) is 0 Å². The summed E-state index contributed by atoms with van der Waals surface area (Å²) in [7, 11) is -3.75. The van der Waals surface area contributed by atoms with Gasteiger partial charge < -0.3 is 0 Å². The summed E-state index contributed by atoms with van der Waals surface area (Å²) in [5, 5.41) is 0. The Kier molecular flexibility index (Phi) is 1.76. The molecule has 10 heavy (non-hydrogen) atoms. The zero-order valence-electron chi connectivity index (χ0n) is 6.00. The van der Waals surface area contributed by atoms with E-state index in [1.807, 2.05) is 6.92 Å². The number of hydrogen-bond donors (Lipinski definition) is 1. The van der Waals surface area contributed by atoms with Crippen molar-refractivity contribution in [3.05, 3.63) is 0 Å². The molecule has 60 valence electrons. The van der Waals surface area contributed by atoms with Crippen molar-refractivity contribution in [2.45, 2.75) is 37.4 Å². The first kappa shape index (κ1) is 8.01. The summed E-state index contributed by atoms with van der Waals surface area (Å²) in [4.78, 5) is 0. The van der Waals surface area contributed by atoms with E-state index in [2.05, 4.69) is 0 Å². The van der Waals surface area contributed by atoms with E-state index in [1.165, 1.54) is 0 Å². The molecule has 0 unspecified atom stereocenters. The monoisotopic (exact) mass is 164 g/mol. The van der Waals surface area contributed by atoms with Gasteiger partial charge in [0.25, 0.3) is 10.1 Å². The van der Waals surface area contributed by atoms with Crippen molar-refractivity contribution in [2.24, 2.45) is 0 Å². The predicted octanol–water partition coefficient (Wildman–Crippen LogP) is 1.21. The van der Waals surface area contributed by atoms with Crippen LogP contribution in [-0.2, 0) is 10.1 Å². The molecule has 0 aromatic heterocycles. The average Bonchev–Trinajstić information content (AvgIpc) is 2.45. The van der Waals surface area contributed by atoms with Crippen molar-refractivity contribution in [1.29, 1.82) is 0 Å². The molecular formula is C6H12O3S. The summed E-state index contributed by atoms with van der Waals surface area (Å²) >= 11 is 0. The molecule has 0 aliphatic heterocycles. The van der Waals surface area contributed by atoms with Crippen LogP contribution in [0.2, 0.25) is 0 Å². The Hall–Kier alpha value is -0.0900. The number of hydrogen-bond acceptors (Lipinski definition) is 2. The predicted molar refractivity (Wildman–Crippen MR) is 38.4 cm³/mol. The van der Waals surface area contributed by atoms with Crippen LogP contribution < -0.4 is 0 Å². The first-order valence-electron chi connectivity index (χ1n) is 3.49. The minimum absolute atomic E-state index is 0.603. The lowest BCUT2D eigenvalue weighted by atomic mass is 10.2. The van der Waals surface area contributed by atoms with Crippen molar-refractivity contribution < 1.29 is 13.0 Å². The topological polar surface area (TPSA) is 54.4 Å². The lowest BCUT2D eigenvalue weighted by Crippen LogP contribution is -2.21. The van der Waals surface area contributed by atoms with Crippen LogP contribution in [0.3, 0.4) is 0 Å². The zero-order valence-corrected chi connectivity index (χ0v) is 6.82. The van der Waals surface area contributed by atoms with Gasteiger partial charge in [0.15, 0.2) is 0 Å². The SMILES string of the molecule is CCCC1(S(=O)(=O)O)CC1. The number of rotatable bonds is 3. The van der Waals surface area contributed by atoms with Gasteiger partial charge >= 0.3 is 0 Å². The molecule has 4 heteroatoms. The van der Waals surface area contributed by atoms with Crippen molar-refractivity contribution in [2.75, 3.05) is 0 Å². The second-order valence-corrected chi connectivity index (χ2v) is 4.72. The molecule has 1 rings (SSSR count). The molecule has 1 fully saturated rings. The Morgan fingerprint density at radius 2 is 2.00 bits per heavy atom. The van der Waals surface area contributed by atoms with E-state index in [1.54, 1.807) is 0 Å². The second kappa shape index (κ2) is 2.20. The van der Waals surface area contributed by atoms with Crippen molar-refractivity contribution in [3.63, 3.8) is 0 Å². The third-order valence-corrected chi connectivity index (χ3v) is 3.77. The molecule has 0 atom stereocenters. The molecule has 0 saturated heterocycles. The summed E-state index contributed by atoms with van der Waals surface area (Å²) in [6.45, 7) is 1.92. The zero-order chi connectivity index (χ0) is 7.83. The average molecular weight is 164 g/mol. The van der Waals surface area contributed by atoms with Crippen molar-refractivity contribution in [3.8, 4) is 0 Å². The first-order chi connectivity index (χ1) is 4.52. The largest absolute Gasteiger partial charge is 0.285 e. The normalized spacial score (nSPS) is 22.6. The Morgan fingerprint density at radius 3 is 2.10 bits per heavy atom. The Morgan fingerprint density at radius 1 is 1.50 bits per heavy atom. The Labute approximate surface area is 61.2 Å². The van der Waals surface area contributed by atoms with Crippen LogP contribution in [0.25, 0.3) is 0 Å². The van der Waals surface area contributed by atoms with Gasteiger partial charge in [0.2, 0.25) is 0 Å². The molecule has 3 nitrogen and oxygen atoms in total. The van der Waals surface area contributed by atoms with Gasteiger partial charge in [-0.15, -0.1) is 0 Å². The van der Waals surface area contributed by atoms with Crippen LogP contribution in [0.5, 0.6) is 0 Å². The molecular weight excluding hydrogens is 152 g/mol. The van der Waals surface area contributed by atoms with E-state index in [9.17, 15) is 8.42 Å². The molecule has 0 amide bonds. The highest BCUT2D eigenvalue weighted by Crippen LogP contribution is 2.46. The van der Waals surface area contributed by atoms with E-state index >= 15 is 0 Å². The molecule has 0 bridgehead atoms. The van der Waals surface area contributed by atoms with Gasteiger partial charge in [0.05, 0.1) is 4.75 Å². The quantitative estimate of drug-likeness (QED) is 0.638. The Balaban J connectivity index is 2.71. The van der Waals surface area contributed by atoms with Gasteiger partial charge in [-0.3, -0.25) is 4.55 Å². The molecule has 0 spiro atoms. The van der Waals surface area contributed by atoms with Gasteiger partial charge in [0.1, 0.15) is 0 Å². The van der Waals surface area contributed by atoms with E-state index in [0.717, 1.165) is 6.42 Å². The molecule has 0 heterocycles. The summed E-state index contributed by atoms with van der Waals surface area (Å²) in [5.41, 5.74) is 0. The van der Waals surface area contributed by atoms with Crippen LogP contribution in [-0.4, -0.2) is 17.7 Å². The van der Waals surface area contributed by atoms with Gasteiger partial charge in [-0.25, -0.2) is 0 Å². The molecule has 1 aliphatic carbocycles. The van der Waals surface area contributed by atoms with E-state index in [0.29, 0.717) is 19.3 Å². The molecule has 0 radical (unpaired) electrons. The van der Waals surface area contributed by atoms with E-state index in [-0.39, 0.29) is 0 Å². The first-order valence-corrected chi connectivity index (χ1v) is 4.93. The van der Waals surface area contributed by atoms with E-state index in [4.69, 9.17) is 4.55 Å². The van der Waals surface area contributed by atoms with Crippen LogP contribution in [0.1, 0.15) is 32.6 Å². The minimum Gasteiger partial charge on any atom is -0.285 e. The highest BCUT2D eigenvalue weighted by Gasteiger charge is 2.52. The third-order valence-electron chi connectivity index (χ3n) is 2.06. The summed E-state index contributed by atoms with van der Waals surface area (Å²) in [6, 6.07) is 0. The lowest BCUT2D eigenvalue weighted by Gasteiger charge is -2.07. The molecule has 1 saturated carbocycles. The fourth-order valence-corrected chi connectivity index (χ4v) is 2.31. The van der Waals surface area contributed by atoms with Crippen molar-refractivity contribution >= 4 is 10.1 Å². The Bertz CT molecular complexity index is 213. The van der Waals surface area contributed by atoms with Gasteiger partial charge in [-0.05, 0) is 19.3 Å². The maximum atomic E-state index is 10.7. The van der Waals surface area contributed by atoms with Crippen LogP contribution in [0, 0.1) is 0 Å². The maximum absolute atomic E-state index is 10.7. The molecule has 0 aromatic carbocycles. The minimum atomic E-state index is -3.75. The maximum Gasteiger partial charge on any atom is 0.270 e. The summed E-state index contributed by atoms with van der Waals surface area (Å²) < 4.78 is 29.3. The highest BCUT2D eigenvalue weighted by molar-refractivity contribution is 7.87. The van der Waals surface area contributed by atoms with Crippen LogP contribution in [0.15, 0.2) is 0 Å². The standard InChI is InChI=1S/C6H12O3S/c1-2-3-6(4-5-6)10(7,8)9/h2-5H2,1H3,(H,7,8,9). The van der Waals surface area contributed by atoms with Crippen LogP contribution in [0.4, 0.5) is 0 Å². The summed E-state index contributed by atoms with van der Waals surface area (Å²) in [6.07, 6.45) is 2.70. The van der Waals surface area contributed by atoms with Gasteiger partial charge in [0, 0.05) is 0 Å². The molecule has 0 aromatic rings. The smallest absolute Gasteiger partial charge is 0.270 e. The fraction of sp³-hybridized carbons (Fsp3) is 1.00. The third kappa shape index (κ3) is 1.18. The fourth-order valence-electron chi connectivity index (χ4n) is 1.23. The highest BCUT2D eigenvalue weighted by atomic mass is 32.2. The van der Waals surface area contributed by atoms with Gasteiger partial charge in [-0.1, -0.05) is 13.3 Å². The van der Waals surface area contributed by atoms with Gasteiger partial charge in [-0.2, -0.15) is 8.42 Å². The van der Waals surface area contributed by atoms with E-state index < -0.39 is 14.9 Å².